The molecule has 0 aliphatic carbocycles. The van der Waals surface area contributed by atoms with Crippen molar-refractivity contribution >= 4 is 62.6 Å². The summed E-state index contributed by atoms with van der Waals surface area (Å²) in [5.74, 6) is -2.22. The van der Waals surface area contributed by atoms with Gasteiger partial charge in [0.15, 0.2) is 5.82 Å². The summed E-state index contributed by atoms with van der Waals surface area (Å²) in [7, 11) is 2.06. The van der Waals surface area contributed by atoms with Crippen LogP contribution in [0, 0.1) is 0 Å². The zero-order valence-corrected chi connectivity index (χ0v) is 22.6. The number of ether oxygens (including phenoxy) is 1. The Morgan fingerprint density at radius 3 is 2.52 bits per heavy atom. The molecule has 3 aromatic heterocycles. The number of carboxylic acid groups (broad SMARTS) is 1. The van der Waals surface area contributed by atoms with Crippen molar-refractivity contribution in [3.63, 3.8) is 0 Å². The van der Waals surface area contributed by atoms with E-state index in [9.17, 15) is 24.3 Å². The quantitative estimate of drug-likeness (QED) is 0.263. The number of nitrogens with zero attached hydrogens (tertiary/aromatic N) is 4. The van der Waals surface area contributed by atoms with Crippen LogP contribution in [0.3, 0.4) is 0 Å². The fourth-order valence-corrected chi connectivity index (χ4v) is 5.28. The predicted octanol–water partition coefficient (Wildman–Crippen LogP) is 3.39. The molecule has 0 radical (unpaired) electrons. The number of amides is 2. The molecule has 5 rings (SSSR count). The van der Waals surface area contributed by atoms with E-state index >= 15 is 0 Å². The van der Waals surface area contributed by atoms with Gasteiger partial charge in [-0.15, -0.1) is 16.4 Å². The number of piperazine rings is 1. The van der Waals surface area contributed by atoms with Crippen LogP contribution in [0.2, 0.25) is 0 Å². The van der Waals surface area contributed by atoms with Crippen molar-refractivity contribution in [3.05, 3.63) is 58.7 Å². The molecule has 0 bridgehead atoms. The summed E-state index contributed by atoms with van der Waals surface area (Å²) in [6.45, 7) is 5.06. The Morgan fingerprint density at radius 1 is 1.07 bits per heavy atom. The van der Waals surface area contributed by atoms with Gasteiger partial charge in [-0.3, -0.25) is 9.59 Å². The van der Waals surface area contributed by atoms with Gasteiger partial charge < -0.3 is 35.3 Å². The van der Waals surface area contributed by atoms with Gasteiger partial charge in [-0.25, -0.2) is 9.59 Å². The molecule has 1 aliphatic heterocycles. The van der Waals surface area contributed by atoms with Gasteiger partial charge in [-0.1, -0.05) is 0 Å². The number of fused-ring (bicyclic) bond motifs is 1. The Morgan fingerprint density at radius 2 is 1.85 bits per heavy atom. The molecule has 0 unspecified atom stereocenters. The Labute approximate surface area is 232 Å². The topological polar surface area (TPSA) is 162 Å². The van der Waals surface area contributed by atoms with E-state index in [2.05, 4.69) is 37.6 Å². The summed E-state index contributed by atoms with van der Waals surface area (Å²) in [6, 6.07) is 9.83. The van der Waals surface area contributed by atoms with Crippen LogP contribution in [-0.2, 0) is 4.74 Å². The number of likely N-dealkylation sites (N-methyl/N-ethyl adjacent to an activating group) is 1. The summed E-state index contributed by atoms with van der Waals surface area (Å²) in [5, 5.41) is 19.4. The number of nitrogens with one attached hydrogen (secondary N) is 3. The summed E-state index contributed by atoms with van der Waals surface area (Å²) in [5.41, 5.74) is 1.62. The van der Waals surface area contributed by atoms with E-state index in [1.807, 2.05) is 6.07 Å². The van der Waals surface area contributed by atoms with Crippen molar-refractivity contribution < 1.29 is 29.0 Å². The number of aromatic amines is 1. The zero-order chi connectivity index (χ0) is 28.4. The van der Waals surface area contributed by atoms with Crippen LogP contribution in [0.4, 0.5) is 22.0 Å². The minimum atomic E-state index is -1.18. The van der Waals surface area contributed by atoms with Gasteiger partial charge in [0.05, 0.1) is 23.2 Å². The third kappa shape index (κ3) is 5.39. The van der Waals surface area contributed by atoms with Crippen molar-refractivity contribution in [1.82, 2.24) is 19.7 Å². The largest absolute Gasteiger partial charge is 0.477 e. The van der Waals surface area contributed by atoms with Gasteiger partial charge >= 0.3 is 12.1 Å². The van der Waals surface area contributed by atoms with E-state index in [4.69, 9.17) is 4.74 Å². The molecule has 1 aliphatic rings. The molecule has 4 N–H and O–H groups in total. The summed E-state index contributed by atoms with van der Waals surface area (Å²) in [4.78, 5) is 58.0. The molecule has 13 nitrogen and oxygen atoms in total. The second kappa shape index (κ2) is 11.2. The first-order valence-corrected chi connectivity index (χ1v) is 13.3. The van der Waals surface area contributed by atoms with E-state index in [1.165, 1.54) is 6.07 Å². The predicted molar refractivity (Wildman–Crippen MR) is 150 cm³/mol. The molecule has 1 aromatic carbocycles. The number of carbonyl (C=O) groups is 4. The molecule has 1 saturated heterocycles. The molecule has 4 aromatic rings. The Hall–Kier alpha value is -4.69. The number of aromatic carboxylic acids is 1. The highest BCUT2D eigenvalue weighted by Crippen LogP contribution is 2.33. The van der Waals surface area contributed by atoms with Gasteiger partial charge in [0.25, 0.3) is 11.8 Å². The zero-order valence-electron chi connectivity index (χ0n) is 21.8. The lowest BCUT2D eigenvalue weighted by molar-refractivity contribution is 0.0701. The smallest absolute Gasteiger partial charge is 0.436 e. The summed E-state index contributed by atoms with van der Waals surface area (Å²) < 4.78 is 5.96. The summed E-state index contributed by atoms with van der Waals surface area (Å²) >= 11 is 0.837. The summed E-state index contributed by atoms with van der Waals surface area (Å²) in [6.07, 6.45) is 0.822. The second-order valence-electron chi connectivity index (χ2n) is 9.11. The third-order valence-electron chi connectivity index (χ3n) is 6.45. The number of aromatic nitrogens is 3. The molecule has 14 heteroatoms. The van der Waals surface area contributed by atoms with Crippen LogP contribution < -0.4 is 15.5 Å². The molecule has 0 spiro atoms. The van der Waals surface area contributed by atoms with E-state index in [1.54, 1.807) is 37.4 Å². The van der Waals surface area contributed by atoms with Crippen LogP contribution in [0.5, 0.6) is 0 Å². The molecular formula is C26H27N7O6S. The van der Waals surface area contributed by atoms with Crippen LogP contribution in [0.25, 0.3) is 10.2 Å². The van der Waals surface area contributed by atoms with Gasteiger partial charge in [0, 0.05) is 38.1 Å². The molecule has 4 heterocycles. The van der Waals surface area contributed by atoms with Crippen LogP contribution in [0.15, 0.2) is 42.6 Å². The van der Waals surface area contributed by atoms with E-state index < -0.39 is 23.9 Å². The second-order valence-corrected chi connectivity index (χ2v) is 10.1. The van der Waals surface area contributed by atoms with Crippen LogP contribution in [0.1, 0.15) is 37.4 Å². The maximum Gasteiger partial charge on any atom is 0.436 e. The SMILES string of the molecule is CCOC(=O)n1nc(NC(=O)c2ccc(N3CCN(C)CC3)cc2NC(=O)c2ccc[nH]2)c2cc(C(=O)O)sc21. The molecule has 2 amide bonds. The Balaban J connectivity index is 1.49. The highest BCUT2D eigenvalue weighted by atomic mass is 32.1. The first kappa shape index (κ1) is 26.9. The fourth-order valence-electron chi connectivity index (χ4n) is 4.34. The number of hydrogen-bond acceptors (Lipinski definition) is 9. The van der Waals surface area contributed by atoms with Crippen molar-refractivity contribution in [3.8, 4) is 0 Å². The number of carboxylic acids is 1. The van der Waals surface area contributed by atoms with Crippen molar-refractivity contribution in [2.24, 2.45) is 0 Å². The lowest BCUT2D eigenvalue weighted by atomic mass is 10.1. The molecule has 208 valence electrons. The van der Waals surface area contributed by atoms with Crippen LogP contribution >= 0.6 is 11.3 Å². The van der Waals surface area contributed by atoms with Crippen molar-refractivity contribution in [2.75, 3.05) is 55.4 Å². The lowest BCUT2D eigenvalue weighted by Gasteiger charge is -2.34. The number of benzene rings is 1. The average Bonchev–Trinajstić information content (AvgIpc) is 3.68. The maximum atomic E-state index is 13.6. The standard InChI is InChI=1S/C26H27N7O6S/c1-3-39-26(38)33-24-17(14-20(40-24)25(36)37)21(30-33)29-22(34)16-7-6-15(32-11-9-31(2)10-12-32)13-19(16)28-23(35)18-5-4-8-27-18/h4-8,13-14,27H,3,9-12H2,1-2H3,(H,28,35)(H,36,37)(H,29,30,34). The minimum absolute atomic E-state index is 0.0124. The molecule has 0 saturated carbocycles. The lowest BCUT2D eigenvalue weighted by Crippen LogP contribution is -2.44. The minimum Gasteiger partial charge on any atom is -0.477 e. The Kier molecular flexibility index (Phi) is 7.53. The van der Waals surface area contributed by atoms with Crippen LogP contribution in [-0.4, -0.2) is 88.5 Å². The molecular weight excluding hydrogens is 538 g/mol. The number of thiophene rings is 1. The number of rotatable bonds is 7. The molecule has 1 fully saturated rings. The first-order valence-electron chi connectivity index (χ1n) is 12.5. The molecule has 40 heavy (non-hydrogen) atoms. The van der Waals surface area contributed by atoms with E-state index in [0.717, 1.165) is 47.9 Å². The first-order chi connectivity index (χ1) is 19.2. The third-order valence-corrected chi connectivity index (χ3v) is 7.55. The average molecular weight is 566 g/mol. The number of carbonyl (C=O) groups excluding carboxylic acids is 3. The normalized spacial score (nSPS) is 13.8. The van der Waals surface area contributed by atoms with Gasteiger partial charge in [-0.2, -0.15) is 4.68 Å². The van der Waals surface area contributed by atoms with Crippen molar-refractivity contribution in [1.29, 1.82) is 0 Å². The fraction of sp³-hybridized carbons (Fsp3) is 0.269. The van der Waals surface area contributed by atoms with E-state index in [-0.39, 0.29) is 38.8 Å². The number of anilines is 3. The highest BCUT2D eigenvalue weighted by molar-refractivity contribution is 7.20. The van der Waals surface area contributed by atoms with Gasteiger partial charge in [0.1, 0.15) is 15.4 Å². The highest BCUT2D eigenvalue weighted by Gasteiger charge is 2.25. The van der Waals surface area contributed by atoms with Gasteiger partial charge in [-0.05, 0) is 50.4 Å². The number of H-pyrrole nitrogens is 1. The Bertz CT molecular complexity index is 1580. The maximum absolute atomic E-state index is 13.6. The monoisotopic (exact) mass is 565 g/mol. The van der Waals surface area contributed by atoms with Crippen molar-refractivity contribution in [2.45, 2.75) is 6.92 Å². The van der Waals surface area contributed by atoms with Gasteiger partial charge in [0.2, 0.25) is 0 Å². The molecule has 0 atom stereocenters. The van der Waals surface area contributed by atoms with E-state index in [0.29, 0.717) is 5.69 Å². The number of hydrogen-bond donors (Lipinski definition) is 4.